The quantitative estimate of drug-likeness (QED) is 0.220. The zero-order valence-electron chi connectivity index (χ0n) is 28.5. The Bertz CT molecular complexity index is 1130. The summed E-state index contributed by atoms with van der Waals surface area (Å²) in [4.78, 5) is 13.0. The van der Waals surface area contributed by atoms with Gasteiger partial charge in [-0.15, -0.1) is 0 Å². The number of rotatable bonds is 8. The van der Waals surface area contributed by atoms with Gasteiger partial charge in [0.1, 0.15) is 30.2 Å². The molecule has 45 heavy (non-hydrogen) atoms. The van der Waals surface area contributed by atoms with Crippen molar-refractivity contribution in [2.24, 2.45) is 45.3 Å². The predicted molar refractivity (Wildman–Crippen MR) is 169 cm³/mol. The summed E-state index contributed by atoms with van der Waals surface area (Å²) in [5.74, 6) is 1.22. The SMILES string of the molecule is C/C(=C\CC[C@](C)(O)[C@H]1CC[C@]2(C)[C@@H]1CC[C@@H]1[C@@]3(C)CCC(=O)C(C)(C)[C@@H]3[C@@H](O)C[C@]12C)CO[C@@H]1O[C@H](CO)[C@@H](O)[C@H](O)[C@H]1O. The molecule has 4 aliphatic carbocycles. The van der Waals surface area contributed by atoms with Crippen molar-refractivity contribution in [2.45, 2.75) is 149 Å². The average molecular weight is 637 g/mol. The number of ether oxygens (including phenoxy) is 2. The molecule has 5 rings (SSSR count). The van der Waals surface area contributed by atoms with Gasteiger partial charge in [0, 0.05) is 17.8 Å². The first-order valence-corrected chi connectivity index (χ1v) is 17.4. The van der Waals surface area contributed by atoms with E-state index in [0.29, 0.717) is 37.5 Å². The molecular formula is C36H60O9. The number of aliphatic hydroxyl groups excluding tert-OH is 5. The maximum absolute atomic E-state index is 13.0. The molecule has 0 amide bonds. The van der Waals surface area contributed by atoms with Crippen molar-refractivity contribution in [3.63, 3.8) is 0 Å². The van der Waals surface area contributed by atoms with Crippen molar-refractivity contribution in [1.82, 2.24) is 0 Å². The van der Waals surface area contributed by atoms with Crippen LogP contribution in [-0.2, 0) is 14.3 Å². The van der Waals surface area contributed by atoms with Crippen LogP contribution in [0.2, 0.25) is 0 Å². The van der Waals surface area contributed by atoms with Gasteiger partial charge in [-0.2, -0.15) is 0 Å². The molecular weight excluding hydrogens is 576 g/mol. The number of hydrogen-bond donors (Lipinski definition) is 6. The number of fused-ring (bicyclic) bond motifs is 5. The molecule has 1 saturated heterocycles. The number of ketones is 1. The van der Waals surface area contributed by atoms with Crippen LogP contribution in [0.15, 0.2) is 11.6 Å². The first-order valence-electron chi connectivity index (χ1n) is 17.4. The summed E-state index contributed by atoms with van der Waals surface area (Å²) in [6, 6.07) is 0. The van der Waals surface area contributed by atoms with Gasteiger partial charge in [0.15, 0.2) is 6.29 Å². The van der Waals surface area contributed by atoms with E-state index in [1.807, 2.05) is 19.9 Å². The van der Waals surface area contributed by atoms with E-state index >= 15 is 0 Å². The maximum Gasteiger partial charge on any atom is 0.187 e. The van der Waals surface area contributed by atoms with Crippen LogP contribution in [0.5, 0.6) is 0 Å². The van der Waals surface area contributed by atoms with E-state index in [9.17, 15) is 35.4 Å². The van der Waals surface area contributed by atoms with Gasteiger partial charge in [0.05, 0.1) is 24.9 Å². The monoisotopic (exact) mass is 636 g/mol. The van der Waals surface area contributed by atoms with Gasteiger partial charge in [-0.3, -0.25) is 4.79 Å². The minimum absolute atomic E-state index is 0.00384. The number of Topliss-reactive ketones (excluding diaryl/α,β-unsaturated/α-hetero) is 1. The molecule has 5 aliphatic rings. The number of carbonyl (C=O) groups is 1. The second-order valence-corrected chi connectivity index (χ2v) is 17.1. The second kappa shape index (κ2) is 12.2. The maximum atomic E-state index is 13.0. The van der Waals surface area contributed by atoms with E-state index in [1.54, 1.807) is 0 Å². The Balaban J connectivity index is 1.23. The summed E-state index contributed by atoms with van der Waals surface area (Å²) in [5.41, 5.74) is -0.646. The third kappa shape index (κ3) is 5.59. The fraction of sp³-hybridized carbons (Fsp3) is 0.917. The molecule has 9 heteroatoms. The predicted octanol–water partition coefficient (Wildman–Crippen LogP) is 3.51. The van der Waals surface area contributed by atoms with Gasteiger partial charge in [-0.1, -0.05) is 46.3 Å². The standard InChI is InChI=1S/C36H60O9/c1-20(19-44-31-29(42)28(41)27(40)24(18-37)45-31)9-8-14-36(7,43)22-12-16-34(5)21(22)10-11-25-33(4)15-13-26(39)32(2,3)30(33)23(38)17-35(25,34)6/h9,21-25,27-31,37-38,40-43H,8,10-19H2,1-7H3/b20-9+/t21-,22+,23+,24-,25-,27-,28+,29-,30+,31-,33-,34-,35-,36+/m1/s1. The molecule has 4 saturated carbocycles. The molecule has 0 bridgehead atoms. The summed E-state index contributed by atoms with van der Waals surface area (Å²) < 4.78 is 11.1. The number of allylic oxidation sites excluding steroid dienone is 1. The number of aliphatic hydroxyl groups is 6. The normalized spacial score (nSPS) is 49.5. The largest absolute Gasteiger partial charge is 0.394 e. The Morgan fingerprint density at radius 2 is 1.69 bits per heavy atom. The molecule has 0 radical (unpaired) electrons. The van der Waals surface area contributed by atoms with E-state index < -0.39 is 54.4 Å². The van der Waals surface area contributed by atoms with Crippen LogP contribution >= 0.6 is 0 Å². The van der Waals surface area contributed by atoms with Crippen molar-refractivity contribution in [2.75, 3.05) is 13.2 Å². The van der Waals surface area contributed by atoms with Crippen LogP contribution in [0.25, 0.3) is 0 Å². The molecule has 258 valence electrons. The minimum Gasteiger partial charge on any atom is -0.394 e. The highest BCUT2D eigenvalue weighted by Gasteiger charge is 2.71. The first-order chi connectivity index (χ1) is 20.8. The van der Waals surface area contributed by atoms with E-state index in [2.05, 4.69) is 34.6 Å². The van der Waals surface area contributed by atoms with E-state index in [4.69, 9.17) is 9.47 Å². The zero-order valence-corrected chi connectivity index (χ0v) is 28.5. The van der Waals surface area contributed by atoms with Gasteiger partial charge in [-0.05, 0) is 99.2 Å². The molecule has 0 aromatic carbocycles. The molecule has 0 aromatic rings. The van der Waals surface area contributed by atoms with Gasteiger partial charge < -0.3 is 40.1 Å². The van der Waals surface area contributed by atoms with Crippen molar-refractivity contribution in [1.29, 1.82) is 0 Å². The fourth-order valence-corrected chi connectivity index (χ4v) is 11.8. The first kappa shape index (κ1) is 35.4. The van der Waals surface area contributed by atoms with Crippen LogP contribution in [0, 0.1) is 45.3 Å². The molecule has 1 aliphatic heterocycles. The lowest BCUT2D eigenvalue weighted by Gasteiger charge is -2.70. The van der Waals surface area contributed by atoms with Gasteiger partial charge >= 0.3 is 0 Å². The summed E-state index contributed by atoms with van der Waals surface area (Å²) in [7, 11) is 0. The van der Waals surface area contributed by atoms with Crippen LogP contribution in [0.3, 0.4) is 0 Å². The Kier molecular flexibility index (Phi) is 9.60. The zero-order chi connectivity index (χ0) is 33.3. The Labute approximate surface area is 269 Å². The van der Waals surface area contributed by atoms with Crippen LogP contribution < -0.4 is 0 Å². The Hall–Kier alpha value is -0.910. The number of carbonyl (C=O) groups excluding carboxylic acids is 1. The van der Waals surface area contributed by atoms with E-state index in [0.717, 1.165) is 37.7 Å². The van der Waals surface area contributed by atoms with Gasteiger partial charge in [-0.25, -0.2) is 0 Å². The van der Waals surface area contributed by atoms with Crippen molar-refractivity contribution in [3.8, 4) is 0 Å². The van der Waals surface area contributed by atoms with Crippen molar-refractivity contribution < 1.29 is 44.9 Å². The Morgan fingerprint density at radius 1 is 1.00 bits per heavy atom. The molecule has 0 aromatic heterocycles. The molecule has 9 nitrogen and oxygen atoms in total. The Morgan fingerprint density at radius 3 is 2.36 bits per heavy atom. The minimum atomic E-state index is -1.48. The van der Waals surface area contributed by atoms with Crippen LogP contribution in [0.1, 0.15) is 106 Å². The highest BCUT2D eigenvalue weighted by Crippen LogP contribution is 2.75. The third-order valence-corrected chi connectivity index (χ3v) is 14.3. The van der Waals surface area contributed by atoms with Crippen molar-refractivity contribution in [3.05, 3.63) is 11.6 Å². The highest BCUT2D eigenvalue weighted by atomic mass is 16.7. The van der Waals surface area contributed by atoms with Crippen LogP contribution in [-0.4, -0.2) is 92.0 Å². The van der Waals surface area contributed by atoms with E-state index in [1.165, 1.54) is 0 Å². The lowest BCUT2D eigenvalue weighted by atomic mass is 9.35. The van der Waals surface area contributed by atoms with Gasteiger partial charge in [0.2, 0.25) is 0 Å². The lowest BCUT2D eigenvalue weighted by Crippen LogP contribution is -2.67. The van der Waals surface area contributed by atoms with Crippen molar-refractivity contribution >= 4 is 5.78 Å². The molecule has 1 heterocycles. The fourth-order valence-electron chi connectivity index (χ4n) is 11.8. The highest BCUT2D eigenvalue weighted by molar-refractivity contribution is 5.85. The topological polar surface area (TPSA) is 157 Å². The summed E-state index contributed by atoms with van der Waals surface area (Å²) in [5, 5.41) is 63.4. The summed E-state index contributed by atoms with van der Waals surface area (Å²) in [6.45, 7) is 14.8. The average Bonchev–Trinajstić information content (AvgIpc) is 3.32. The molecule has 14 atom stereocenters. The number of hydrogen-bond acceptors (Lipinski definition) is 9. The smallest absolute Gasteiger partial charge is 0.187 e. The lowest BCUT2D eigenvalue weighted by molar-refractivity contribution is -0.299. The summed E-state index contributed by atoms with van der Waals surface area (Å²) in [6.07, 6.45) is 2.53. The molecule has 5 fully saturated rings. The molecule has 6 N–H and O–H groups in total. The van der Waals surface area contributed by atoms with Gasteiger partial charge in [0.25, 0.3) is 0 Å². The molecule has 0 spiro atoms. The summed E-state index contributed by atoms with van der Waals surface area (Å²) >= 11 is 0. The van der Waals surface area contributed by atoms with Crippen LogP contribution in [0.4, 0.5) is 0 Å². The van der Waals surface area contributed by atoms with E-state index in [-0.39, 0.29) is 40.5 Å². The third-order valence-electron chi connectivity index (χ3n) is 14.3. The molecule has 0 unspecified atom stereocenters. The second-order valence-electron chi connectivity index (χ2n) is 17.1.